The second-order valence-corrected chi connectivity index (χ2v) is 7.88. The van der Waals surface area contributed by atoms with E-state index in [1.165, 1.54) is 49.6 Å². The van der Waals surface area contributed by atoms with Crippen LogP contribution < -0.4 is 15.2 Å². The van der Waals surface area contributed by atoms with Crippen LogP contribution in [0.4, 0.5) is 10.5 Å². The van der Waals surface area contributed by atoms with Crippen molar-refractivity contribution in [2.75, 3.05) is 13.7 Å². The molecule has 0 aromatic heterocycles. The van der Waals surface area contributed by atoms with E-state index in [0.29, 0.717) is 11.1 Å². The van der Waals surface area contributed by atoms with E-state index in [2.05, 4.69) is 0 Å². The van der Waals surface area contributed by atoms with Crippen LogP contribution in [0.1, 0.15) is 11.1 Å². The summed E-state index contributed by atoms with van der Waals surface area (Å²) in [4.78, 5) is 47.5. The molecule has 3 rings (SSSR count). The highest BCUT2D eigenvalue weighted by atomic mass is 35.5. The molecule has 166 valence electrons. The summed E-state index contributed by atoms with van der Waals surface area (Å²) in [6.07, 6.45) is 1.48. The molecule has 12 heteroatoms. The molecule has 1 aliphatic rings. The number of primary amides is 1. The van der Waals surface area contributed by atoms with Crippen molar-refractivity contribution in [1.29, 1.82) is 0 Å². The van der Waals surface area contributed by atoms with Gasteiger partial charge in [0.15, 0.2) is 18.1 Å². The molecule has 2 aromatic carbocycles. The Morgan fingerprint density at radius 2 is 1.97 bits per heavy atom. The van der Waals surface area contributed by atoms with Crippen molar-refractivity contribution in [3.63, 3.8) is 0 Å². The van der Waals surface area contributed by atoms with Gasteiger partial charge in [0.05, 0.1) is 28.5 Å². The number of hydrogen-bond donors (Lipinski definition) is 1. The molecule has 2 N–H and O–H groups in total. The quantitative estimate of drug-likeness (QED) is 0.346. The lowest BCUT2D eigenvalue weighted by Crippen LogP contribution is -2.27. The number of carbonyl (C=O) groups excluding carboxylic acids is 3. The average molecular weight is 478 g/mol. The number of nitro benzene ring substituents is 1. The number of hydrogen-bond acceptors (Lipinski definition) is 8. The van der Waals surface area contributed by atoms with Gasteiger partial charge in [-0.05, 0) is 41.1 Å². The fourth-order valence-electron chi connectivity index (χ4n) is 2.80. The molecule has 1 fully saturated rings. The highest BCUT2D eigenvalue weighted by Gasteiger charge is 2.35. The van der Waals surface area contributed by atoms with Crippen molar-refractivity contribution in [3.05, 3.63) is 67.6 Å². The summed E-state index contributed by atoms with van der Waals surface area (Å²) in [6.45, 7) is -0.416. The van der Waals surface area contributed by atoms with Gasteiger partial charge < -0.3 is 15.2 Å². The van der Waals surface area contributed by atoms with Gasteiger partial charge in [-0.2, -0.15) is 0 Å². The van der Waals surface area contributed by atoms with Crippen LogP contribution in [0.25, 0.3) is 6.08 Å². The van der Waals surface area contributed by atoms with Gasteiger partial charge in [0.25, 0.3) is 22.7 Å². The van der Waals surface area contributed by atoms with Crippen LogP contribution in [0.15, 0.2) is 41.3 Å². The van der Waals surface area contributed by atoms with Gasteiger partial charge in [0.2, 0.25) is 0 Å². The summed E-state index contributed by atoms with van der Waals surface area (Å²) in [6, 6.07) is 8.61. The van der Waals surface area contributed by atoms with Gasteiger partial charge >= 0.3 is 0 Å². The molecule has 32 heavy (non-hydrogen) atoms. The van der Waals surface area contributed by atoms with E-state index in [0.717, 1.165) is 16.7 Å². The largest absolute Gasteiger partial charge is 0.493 e. The van der Waals surface area contributed by atoms with E-state index in [4.69, 9.17) is 26.8 Å². The van der Waals surface area contributed by atoms with Gasteiger partial charge in [0.1, 0.15) is 0 Å². The number of benzene rings is 2. The van der Waals surface area contributed by atoms with E-state index < -0.39 is 28.6 Å². The lowest BCUT2D eigenvalue weighted by atomic mass is 10.1. The van der Waals surface area contributed by atoms with Crippen LogP contribution in [-0.4, -0.2) is 40.6 Å². The molecule has 3 amide bonds. The SMILES string of the molecule is COc1cc(/C=C2\SC(=O)N(Cc3ccc([N+](=O)[O-])cc3)C2=O)cc(Cl)c1OCC(N)=O. The Bertz CT molecular complexity index is 1130. The first-order chi connectivity index (χ1) is 15.2. The topological polar surface area (TPSA) is 142 Å². The zero-order valence-corrected chi connectivity index (χ0v) is 18.1. The fourth-order valence-corrected chi connectivity index (χ4v) is 3.91. The summed E-state index contributed by atoms with van der Waals surface area (Å²) in [7, 11) is 1.38. The third-order valence-corrected chi connectivity index (χ3v) is 5.46. The standard InChI is InChI=1S/C20H16ClN3O7S/c1-30-15-7-12(6-14(21)18(15)31-10-17(22)25)8-16-19(26)23(20(27)32-16)9-11-2-4-13(5-3-11)24(28)29/h2-8H,9-10H2,1H3,(H2,22,25)/b16-8-. The smallest absolute Gasteiger partial charge is 0.293 e. The van der Waals surface area contributed by atoms with E-state index in [1.807, 2.05) is 0 Å². The number of methoxy groups -OCH3 is 1. The van der Waals surface area contributed by atoms with Crippen molar-refractivity contribution in [3.8, 4) is 11.5 Å². The minimum atomic E-state index is -0.686. The lowest BCUT2D eigenvalue weighted by Gasteiger charge is -2.13. The van der Waals surface area contributed by atoms with Crippen molar-refractivity contribution >= 4 is 52.2 Å². The zero-order chi connectivity index (χ0) is 23.4. The minimum Gasteiger partial charge on any atom is -0.493 e. The minimum absolute atomic E-state index is 0.0238. The summed E-state index contributed by atoms with van der Waals surface area (Å²) < 4.78 is 10.5. The van der Waals surface area contributed by atoms with Gasteiger partial charge in [-0.25, -0.2) is 0 Å². The number of non-ortho nitro benzene ring substituents is 1. The van der Waals surface area contributed by atoms with E-state index in [9.17, 15) is 24.5 Å². The van der Waals surface area contributed by atoms with E-state index >= 15 is 0 Å². The van der Waals surface area contributed by atoms with E-state index in [1.54, 1.807) is 0 Å². The molecule has 10 nitrogen and oxygen atoms in total. The third kappa shape index (κ3) is 5.18. The molecular weight excluding hydrogens is 462 g/mol. The van der Waals surface area contributed by atoms with Crippen molar-refractivity contribution in [2.24, 2.45) is 5.73 Å². The number of thioether (sulfide) groups is 1. The molecule has 0 saturated carbocycles. The van der Waals surface area contributed by atoms with Crippen LogP contribution in [0.3, 0.4) is 0 Å². The summed E-state index contributed by atoms with van der Waals surface area (Å²) in [5.74, 6) is -0.858. The Labute approximate surface area is 191 Å². The van der Waals surface area contributed by atoms with Crippen molar-refractivity contribution in [1.82, 2.24) is 4.90 Å². The van der Waals surface area contributed by atoms with Crippen molar-refractivity contribution < 1.29 is 28.8 Å². The first-order valence-corrected chi connectivity index (χ1v) is 10.2. The molecular formula is C20H16ClN3O7S. The fraction of sp³-hybridized carbons (Fsp3) is 0.150. The Morgan fingerprint density at radius 1 is 1.28 bits per heavy atom. The number of nitrogens with two attached hydrogens (primary N) is 1. The second-order valence-electron chi connectivity index (χ2n) is 6.48. The molecule has 0 atom stereocenters. The Kier molecular flexibility index (Phi) is 7.01. The van der Waals surface area contributed by atoms with Crippen LogP contribution >= 0.6 is 23.4 Å². The van der Waals surface area contributed by atoms with Gasteiger partial charge in [0, 0.05) is 12.1 Å². The number of ether oxygens (including phenoxy) is 2. The number of amides is 3. The molecule has 0 bridgehead atoms. The van der Waals surface area contributed by atoms with Crippen molar-refractivity contribution in [2.45, 2.75) is 6.54 Å². The molecule has 0 radical (unpaired) electrons. The molecule has 1 saturated heterocycles. The molecule has 0 spiro atoms. The predicted molar refractivity (Wildman–Crippen MR) is 117 cm³/mol. The molecule has 2 aromatic rings. The first kappa shape index (κ1) is 23.1. The highest BCUT2D eigenvalue weighted by Crippen LogP contribution is 2.39. The average Bonchev–Trinajstić information content (AvgIpc) is 3.00. The maximum absolute atomic E-state index is 12.8. The summed E-state index contributed by atoms with van der Waals surface area (Å²) in [5, 5.41) is 10.4. The number of rotatable bonds is 8. The van der Waals surface area contributed by atoms with E-state index in [-0.39, 0.29) is 33.7 Å². The monoisotopic (exact) mass is 477 g/mol. The Hall–Kier alpha value is -3.57. The number of nitrogens with zero attached hydrogens (tertiary/aromatic N) is 2. The van der Waals surface area contributed by atoms with Gasteiger partial charge in [-0.3, -0.25) is 29.4 Å². The van der Waals surface area contributed by atoms with Crippen LogP contribution in [0.5, 0.6) is 11.5 Å². The number of carbonyl (C=O) groups is 3. The van der Waals surface area contributed by atoms with Crippen LogP contribution in [-0.2, 0) is 16.1 Å². The lowest BCUT2D eigenvalue weighted by molar-refractivity contribution is -0.384. The second kappa shape index (κ2) is 9.71. The Morgan fingerprint density at radius 3 is 2.56 bits per heavy atom. The molecule has 1 heterocycles. The maximum Gasteiger partial charge on any atom is 0.293 e. The molecule has 0 unspecified atom stereocenters. The normalized spacial score (nSPS) is 14.7. The van der Waals surface area contributed by atoms with Gasteiger partial charge in [-0.15, -0.1) is 0 Å². The highest BCUT2D eigenvalue weighted by molar-refractivity contribution is 8.18. The Balaban J connectivity index is 1.81. The maximum atomic E-state index is 12.8. The number of nitro groups is 1. The molecule has 0 aliphatic carbocycles. The zero-order valence-electron chi connectivity index (χ0n) is 16.6. The molecule has 1 aliphatic heterocycles. The van der Waals surface area contributed by atoms with Crippen LogP contribution in [0, 0.1) is 10.1 Å². The summed E-state index contributed by atoms with van der Waals surface area (Å²) in [5.41, 5.74) is 6.03. The van der Waals surface area contributed by atoms with Gasteiger partial charge in [-0.1, -0.05) is 23.7 Å². The third-order valence-electron chi connectivity index (χ3n) is 4.27. The van der Waals surface area contributed by atoms with Crippen LogP contribution in [0.2, 0.25) is 5.02 Å². The first-order valence-electron chi connectivity index (χ1n) is 8.97. The number of imide groups is 1. The number of halogens is 1. The summed E-state index contributed by atoms with van der Waals surface area (Å²) >= 11 is 6.97. The predicted octanol–water partition coefficient (Wildman–Crippen LogP) is 3.36.